The molecular weight excluding hydrogens is 739 g/mol. The Morgan fingerprint density at radius 2 is 1.21 bits per heavy atom. The number of carbonyl (C=O) groups is 1. The first-order valence-corrected chi connectivity index (χ1v) is 20.7. The minimum atomic E-state index is -0.362. The molecule has 1 aliphatic rings. The van der Waals surface area contributed by atoms with Crippen LogP contribution in [-0.2, 0) is 33.2 Å². The van der Waals surface area contributed by atoms with Crippen molar-refractivity contribution in [3.8, 4) is 18.1 Å². The molecule has 0 aliphatic carbocycles. The van der Waals surface area contributed by atoms with E-state index in [2.05, 4.69) is 107 Å². The van der Waals surface area contributed by atoms with Crippen LogP contribution in [0.2, 0.25) is 0 Å². The van der Waals surface area contributed by atoms with Crippen molar-refractivity contribution in [3.63, 3.8) is 0 Å². The molecular formula is C47H57NO8S. The van der Waals surface area contributed by atoms with Gasteiger partial charge in [0.05, 0.1) is 63.6 Å². The highest BCUT2D eigenvalue weighted by Gasteiger charge is 2.36. The maximum Gasteiger partial charge on any atom is 0.337 e. The van der Waals surface area contributed by atoms with Gasteiger partial charge in [0, 0.05) is 31.8 Å². The summed E-state index contributed by atoms with van der Waals surface area (Å²) in [5.41, 5.74) is 4.32. The molecule has 57 heavy (non-hydrogen) atoms. The second kappa shape index (κ2) is 27.9. The molecule has 0 radical (unpaired) electrons. The van der Waals surface area contributed by atoms with Gasteiger partial charge < -0.3 is 33.2 Å². The first-order valence-electron chi connectivity index (χ1n) is 19.7. The van der Waals surface area contributed by atoms with Crippen molar-refractivity contribution >= 4 is 23.6 Å². The Labute approximate surface area is 343 Å². The molecule has 1 heterocycles. The number of hydrogen-bond donors (Lipinski definition) is 0. The van der Waals surface area contributed by atoms with E-state index in [9.17, 15) is 4.79 Å². The summed E-state index contributed by atoms with van der Waals surface area (Å²) in [7, 11) is 1.35. The van der Waals surface area contributed by atoms with Crippen LogP contribution < -0.4 is 4.74 Å². The molecule has 4 aromatic rings. The van der Waals surface area contributed by atoms with Gasteiger partial charge in [-0.15, -0.1) is 24.1 Å². The molecule has 9 nitrogen and oxygen atoms in total. The van der Waals surface area contributed by atoms with Gasteiger partial charge in [0.25, 0.3) is 0 Å². The Morgan fingerprint density at radius 3 is 1.74 bits per heavy atom. The number of terminal acetylenes is 1. The second-order valence-corrected chi connectivity index (χ2v) is 14.1. The summed E-state index contributed by atoms with van der Waals surface area (Å²) in [4.78, 5) is 15.6. The van der Waals surface area contributed by atoms with Gasteiger partial charge in [-0.05, 0) is 60.2 Å². The van der Waals surface area contributed by atoms with E-state index in [1.54, 1.807) is 24.3 Å². The summed E-state index contributed by atoms with van der Waals surface area (Å²) in [6.45, 7) is 6.87. The average Bonchev–Trinajstić information content (AvgIpc) is 3.80. The van der Waals surface area contributed by atoms with Gasteiger partial charge in [-0.25, -0.2) is 4.79 Å². The molecule has 0 aromatic heterocycles. The van der Waals surface area contributed by atoms with E-state index >= 15 is 0 Å². The van der Waals surface area contributed by atoms with Crippen LogP contribution in [0.25, 0.3) is 0 Å². The van der Waals surface area contributed by atoms with E-state index in [0.717, 1.165) is 56.9 Å². The van der Waals surface area contributed by atoms with Crippen molar-refractivity contribution in [2.75, 3.05) is 85.5 Å². The molecule has 304 valence electrons. The van der Waals surface area contributed by atoms with Crippen molar-refractivity contribution < 1.29 is 38.0 Å². The van der Waals surface area contributed by atoms with Gasteiger partial charge in [0.2, 0.25) is 0 Å². The number of carbonyl (C=O) groups excluding carboxylic acids is 1. The number of thioether (sulfide) groups is 1. The van der Waals surface area contributed by atoms with Gasteiger partial charge in [0.15, 0.2) is 5.90 Å². The van der Waals surface area contributed by atoms with Crippen molar-refractivity contribution in [1.82, 2.24) is 0 Å². The predicted octanol–water partition coefficient (Wildman–Crippen LogP) is 8.64. The molecule has 0 spiro atoms. The fraction of sp³-hybridized carbons (Fsp3) is 0.404. The smallest absolute Gasteiger partial charge is 0.337 e. The number of benzene rings is 4. The van der Waals surface area contributed by atoms with E-state index in [4.69, 9.17) is 34.8 Å². The van der Waals surface area contributed by atoms with Crippen molar-refractivity contribution in [3.05, 3.63) is 138 Å². The maximum absolute atomic E-state index is 11.3. The number of unbranched alkanes of at least 4 members (excludes halogenated alkanes) is 2. The number of nitrogens with zero attached hydrogens (tertiary/aromatic N) is 1. The van der Waals surface area contributed by atoms with Crippen LogP contribution in [0, 0.1) is 12.3 Å². The number of rotatable bonds is 26. The van der Waals surface area contributed by atoms with E-state index in [-0.39, 0.29) is 10.7 Å². The molecule has 5 rings (SSSR count). The van der Waals surface area contributed by atoms with E-state index in [0.29, 0.717) is 70.8 Å². The number of methoxy groups -OCH3 is 1. The Hall–Kier alpha value is -4.63. The number of ether oxygens (including phenoxy) is 7. The highest BCUT2D eigenvalue weighted by atomic mass is 32.2. The van der Waals surface area contributed by atoms with Crippen LogP contribution in [0.5, 0.6) is 5.75 Å². The Bertz CT molecular complexity index is 1620. The van der Waals surface area contributed by atoms with Crippen LogP contribution in [0.3, 0.4) is 0 Å². The predicted molar refractivity (Wildman–Crippen MR) is 228 cm³/mol. The minimum absolute atomic E-state index is 0.297. The highest BCUT2D eigenvalue weighted by Crippen LogP contribution is 2.48. The Balaban J connectivity index is 0.000000274. The lowest BCUT2D eigenvalue weighted by Crippen LogP contribution is -2.26. The molecule has 10 heteroatoms. The SMILES string of the molecule is C#CCCCCOCCOCCOc1ccc(C(=O)OC)cc1.c1ccc(C(SCCOCCOCCCC2=NCCO2)(c2ccccc2)c2ccccc2)cc1. The van der Waals surface area contributed by atoms with Crippen LogP contribution in [0.4, 0.5) is 0 Å². The third kappa shape index (κ3) is 16.4. The molecule has 0 amide bonds. The first-order chi connectivity index (χ1) is 28.2. The molecule has 1 aliphatic heterocycles. The third-order valence-electron chi connectivity index (χ3n) is 8.79. The summed E-state index contributed by atoms with van der Waals surface area (Å²) in [6, 6.07) is 39.1. The highest BCUT2D eigenvalue weighted by molar-refractivity contribution is 8.00. The van der Waals surface area contributed by atoms with Gasteiger partial charge in [-0.3, -0.25) is 4.99 Å². The fourth-order valence-corrected chi connectivity index (χ4v) is 7.39. The van der Waals surface area contributed by atoms with Crippen LogP contribution in [0.1, 0.15) is 59.2 Å². The summed E-state index contributed by atoms with van der Waals surface area (Å²) in [5, 5.41) is 0. The molecule has 0 unspecified atom stereocenters. The number of esters is 1. The molecule has 0 saturated carbocycles. The van der Waals surface area contributed by atoms with E-state index in [1.807, 2.05) is 11.8 Å². The van der Waals surface area contributed by atoms with Gasteiger partial charge in [0.1, 0.15) is 19.0 Å². The van der Waals surface area contributed by atoms with Crippen LogP contribution in [-0.4, -0.2) is 97.3 Å². The molecule has 4 aromatic carbocycles. The zero-order valence-corrected chi connectivity index (χ0v) is 34.0. The Morgan fingerprint density at radius 1 is 0.684 bits per heavy atom. The van der Waals surface area contributed by atoms with Gasteiger partial charge >= 0.3 is 5.97 Å². The van der Waals surface area contributed by atoms with Crippen LogP contribution >= 0.6 is 11.8 Å². The lowest BCUT2D eigenvalue weighted by Gasteiger charge is -2.35. The van der Waals surface area contributed by atoms with E-state index in [1.165, 1.54) is 23.8 Å². The van der Waals surface area contributed by atoms with Crippen molar-refractivity contribution in [2.45, 2.75) is 36.9 Å². The molecule has 0 fully saturated rings. The summed E-state index contributed by atoms with van der Waals surface area (Å²) < 4.78 is 37.7. The molecule has 0 N–H and O–H groups in total. The number of hydrogen-bond acceptors (Lipinski definition) is 10. The maximum atomic E-state index is 11.3. The third-order valence-corrected chi connectivity index (χ3v) is 10.3. The number of aliphatic imine (C=N–C) groups is 1. The molecule has 0 bridgehead atoms. The monoisotopic (exact) mass is 795 g/mol. The van der Waals surface area contributed by atoms with Crippen molar-refractivity contribution in [2.24, 2.45) is 4.99 Å². The molecule has 0 saturated heterocycles. The van der Waals surface area contributed by atoms with Gasteiger partial charge in [-0.2, -0.15) is 0 Å². The summed E-state index contributed by atoms with van der Waals surface area (Å²) >= 11 is 1.92. The minimum Gasteiger partial charge on any atom is -0.491 e. The first kappa shape index (κ1) is 45.1. The summed E-state index contributed by atoms with van der Waals surface area (Å²) in [5.74, 6) is 4.67. The van der Waals surface area contributed by atoms with Crippen molar-refractivity contribution in [1.29, 1.82) is 0 Å². The fourth-order valence-electron chi connectivity index (χ4n) is 5.98. The lowest BCUT2D eigenvalue weighted by molar-refractivity contribution is 0.0354. The summed E-state index contributed by atoms with van der Waals surface area (Å²) in [6.07, 6.45) is 9.74. The zero-order valence-electron chi connectivity index (χ0n) is 33.2. The van der Waals surface area contributed by atoms with Gasteiger partial charge in [-0.1, -0.05) is 91.0 Å². The standard InChI is InChI=1S/C29H33NO3S.C18H24O5/c1-4-11-25(12-5-1)29(26-13-6-2-7-14-26,27-15-8-3-9-16-27)34-24-23-32-22-21-31-19-10-17-28-30-18-20-33-28;1-3-4-5-6-11-21-12-13-22-14-15-23-17-9-7-16(8-10-17)18(19)20-2/h1-9,11-16H,10,17-24H2;1,7-10H,4-6,11-15H2,2H3. The average molecular weight is 796 g/mol. The normalized spacial score (nSPS) is 12.1. The van der Waals surface area contributed by atoms with Crippen LogP contribution in [0.15, 0.2) is 120 Å². The quantitative estimate of drug-likeness (QED) is 0.0268. The zero-order chi connectivity index (χ0) is 40.1. The van der Waals surface area contributed by atoms with E-state index < -0.39 is 0 Å². The second-order valence-electron chi connectivity index (χ2n) is 12.8. The largest absolute Gasteiger partial charge is 0.491 e. The Kier molecular flexibility index (Phi) is 22.0. The lowest BCUT2D eigenvalue weighted by atomic mass is 9.84. The topological polar surface area (TPSA) is 94.0 Å². The molecule has 0 atom stereocenters.